The quantitative estimate of drug-likeness (QED) is 0.738. The van der Waals surface area contributed by atoms with Crippen LogP contribution in [0.4, 0.5) is 8.78 Å². The second kappa shape index (κ2) is 5.05. The Morgan fingerprint density at radius 3 is 2.50 bits per heavy atom. The zero-order valence-electron chi connectivity index (χ0n) is 9.51. The van der Waals surface area contributed by atoms with Gasteiger partial charge in [-0.3, -0.25) is 4.79 Å². The van der Waals surface area contributed by atoms with E-state index >= 15 is 0 Å². The predicted molar refractivity (Wildman–Crippen MR) is 57.2 cm³/mol. The average molecular weight is 228 g/mol. The number of benzene rings is 1. The molecule has 1 aromatic carbocycles. The van der Waals surface area contributed by atoms with Gasteiger partial charge in [-0.25, -0.2) is 0 Å². The lowest BCUT2D eigenvalue weighted by atomic mass is 9.98. The fourth-order valence-electron chi connectivity index (χ4n) is 1.68. The molecule has 0 N–H and O–H groups in total. The van der Waals surface area contributed by atoms with Crippen molar-refractivity contribution in [2.45, 2.75) is 33.8 Å². The summed E-state index contributed by atoms with van der Waals surface area (Å²) < 4.78 is 29.0. The molecule has 1 aromatic rings. The second-order valence-electron chi connectivity index (χ2n) is 3.53. The maximum absolute atomic E-state index is 12.2. The largest absolute Gasteiger partial charge is 0.434 e. The maximum atomic E-state index is 12.2. The molecule has 2 nitrogen and oxygen atoms in total. The standard InChI is InChI=1S/C12H14F2O2/c1-4-9-10(8(3)15)6-5-7(2)11(9)16-12(13)14/h5-6,12H,4H2,1-3H3. The highest BCUT2D eigenvalue weighted by molar-refractivity contribution is 5.96. The number of ketones is 1. The maximum Gasteiger partial charge on any atom is 0.387 e. The van der Waals surface area contributed by atoms with Crippen molar-refractivity contribution in [1.29, 1.82) is 0 Å². The van der Waals surface area contributed by atoms with Gasteiger partial charge in [-0.15, -0.1) is 0 Å². The summed E-state index contributed by atoms with van der Waals surface area (Å²) in [6.07, 6.45) is 0.485. The zero-order chi connectivity index (χ0) is 12.3. The number of aryl methyl sites for hydroxylation is 1. The molecule has 0 heterocycles. The summed E-state index contributed by atoms with van der Waals surface area (Å²) in [5.74, 6) is -0.0128. The van der Waals surface area contributed by atoms with Gasteiger partial charge in [0.25, 0.3) is 0 Å². The van der Waals surface area contributed by atoms with E-state index in [1.807, 2.05) is 0 Å². The molecule has 0 saturated heterocycles. The van der Waals surface area contributed by atoms with E-state index in [0.29, 0.717) is 23.1 Å². The lowest BCUT2D eigenvalue weighted by Gasteiger charge is -2.15. The van der Waals surface area contributed by atoms with Crippen LogP contribution in [0.1, 0.15) is 35.3 Å². The summed E-state index contributed by atoms with van der Waals surface area (Å²) in [5, 5.41) is 0. The second-order valence-corrected chi connectivity index (χ2v) is 3.53. The Morgan fingerprint density at radius 1 is 1.44 bits per heavy atom. The van der Waals surface area contributed by atoms with Crippen LogP contribution in [0.25, 0.3) is 0 Å². The van der Waals surface area contributed by atoms with E-state index in [4.69, 9.17) is 0 Å². The third-order valence-electron chi connectivity index (χ3n) is 2.40. The van der Waals surface area contributed by atoms with Crippen molar-refractivity contribution in [3.8, 4) is 5.75 Å². The molecule has 88 valence electrons. The van der Waals surface area contributed by atoms with Crippen molar-refractivity contribution in [3.05, 3.63) is 28.8 Å². The van der Waals surface area contributed by atoms with Crippen molar-refractivity contribution in [3.63, 3.8) is 0 Å². The van der Waals surface area contributed by atoms with Crippen molar-refractivity contribution in [2.75, 3.05) is 0 Å². The van der Waals surface area contributed by atoms with Crippen molar-refractivity contribution >= 4 is 5.78 Å². The van der Waals surface area contributed by atoms with Gasteiger partial charge < -0.3 is 4.74 Å². The molecule has 0 atom stereocenters. The first kappa shape index (κ1) is 12.6. The first-order valence-corrected chi connectivity index (χ1v) is 5.05. The van der Waals surface area contributed by atoms with E-state index in [1.165, 1.54) is 6.92 Å². The van der Waals surface area contributed by atoms with Crippen LogP contribution >= 0.6 is 0 Å². The number of hydrogen-bond donors (Lipinski definition) is 0. The van der Waals surface area contributed by atoms with Gasteiger partial charge in [0.2, 0.25) is 0 Å². The van der Waals surface area contributed by atoms with Gasteiger partial charge in [0.15, 0.2) is 5.78 Å². The highest BCUT2D eigenvalue weighted by Crippen LogP contribution is 2.29. The average Bonchev–Trinajstić information content (AvgIpc) is 2.19. The molecule has 0 aliphatic rings. The molecule has 0 bridgehead atoms. The van der Waals surface area contributed by atoms with E-state index in [2.05, 4.69) is 4.74 Å². The number of hydrogen-bond acceptors (Lipinski definition) is 2. The molecule has 4 heteroatoms. The molecule has 16 heavy (non-hydrogen) atoms. The van der Waals surface area contributed by atoms with E-state index in [-0.39, 0.29) is 11.5 Å². The Kier molecular flexibility index (Phi) is 3.99. The number of ether oxygens (including phenoxy) is 1. The molecule has 0 unspecified atom stereocenters. The Balaban J connectivity index is 3.32. The molecular formula is C12H14F2O2. The van der Waals surface area contributed by atoms with Crippen LogP contribution in [0.2, 0.25) is 0 Å². The van der Waals surface area contributed by atoms with E-state index in [0.717, 1.165) is 0 Å². The van der Waals surface area contributed by atoms with Crippen LogP contribution in [0.15, 0.2) is 12.1 Å². The van der Waals surface area contributed by atoms with Gasteiger partial charge in [-0.2, -0.15) is 8.78 Å². The van der Waals surface area contributed by atoms with Crippen LogP contribution in [-0.4, -0.2) is 12.4 Å². The SMILES string of the molecule is CCc1c(C(C)=O)ccc(C)c1OC(F)F. The molecule has 0 amide bonds. The molecule has 0 aromatic heterocycles. The fraction of sp³-hybridized carbons (Fsp3) is 0.417. The van der Waals surface area contributed by atoms with Gasteiger partial charge in [0.05, 0.1) is 0 Å². The molecule has 0 aliphatic heterocycles. The molecule has 0 radical (unpaired) electrons. The molecule has 1 rings (SSSR count). The number of Topliss-reactive ketones (excluding diaryl/α,β-unsaturated/α-hetero) is 1. The summed E-state index contributed by atoms with van der Waals surface area (Å²) in [6, 6.07) is 3.27. The van der Waals surface area contributed by atoms with Crippen LogP contribution in [0, 0.1) is 6.92 Å². The summed E-state index contributed by atoms with van der Waals surface area (Å²) in [6.45, 7) is 2.03. The lowest BCUT2D eigenvalue weighted by Crippen LogP contribution is -2.09. The topological polar surface area (TPSA) is 26.3 Å². The van der Waals surface area contributed by atoms with Crippen molar-refractivity contribution < 1.29 is 18.3 Å². The van der Waals surface area contributed by atoms with Crippen LogP contribution in [0.3, 0.4) is 0 Å². The van der Waals surface area contributed by atoms with Crippen molar-refractivity contribution in [2.24, 2.45) is 0 Å². The number of rotatable bonds is 4. The summed E-state index contributed by atoms with van der Waals surface area (Å²) in [4.78, 5) is 11.3. The zero-order valence-corrected chi connectivity index (χ0v) is 9.51. The van der Waals surface area contributed by atoms with E-state index < -0.39 is 6.61 Å². The minimum atomic E-state index is -2.87. The van der Waals surface area contributed by atoms with Crippen LogP contribution < -0.4 is 4.74 Å². The van der Waals surface area contributed by atoms with Crippen LogP contribution in [0.5, 0.6) is 5.75 Å². The minimum Gasteiger partial charge on any atom is -0.434 e. The fourth-order valence-corrected chi connectivity index (χ4v) is 1.68. The Labute approximate surface area is 93.2 Å². The minimum absolute atomic E-state index is 0.130. The third kappa shape index (κ3) is 2.56. The highest BCUT2D eigenvalue weighted by Gasteiger charge is 2.16. The summed E-state index contributed by atoms with van der Waals surface area (Å²) >= 11 is 0. The first-order chi connectivity index (χ1) is 7.47. The first-order valence-electron chi connectivity index (χ1n) is 5.05. The van der Waals surface area contributed by atoms with Crippen LogP contribution in [-0.2, 0) is 6.42 Å². The molecule has 0 spiro atoms. The number of carbonyl (C=O) groups excluding carboxylic acids is 1. The van der Waals surface area contributed by atoms with E-state index in [1.54, 1.807) is 26.0 Å². The smallest absolute Gasteiger partial charge is 0.387 e. The normalized spacial score (nSPS) is 10.6. The Morgan fingerprint density at radius 2 is 2.06 bits per heavy atom. The lowest BCUT2D eigenvalue weighted by molar-refractivity contribution is -0.0509. The molecular weight excluding hydrogens is 214 g/mol. The van der Waals surface area contributed by atoms with Gasteiger partial charge >= 0.3 is 6.61 Å². The van der Waals surface area contributed by atoms with Crippen molar-refractivity contribution in [1.82, 2.24) is 0 Å². The van der Waals surface area contributed by atoms with Gasteiger partial charge in [0.1, 0.15) is 5.75 Å². The summed E-state index contributed by atoms with van der Waals surface area (Å²) in [5.41, 5.74) is 1.61. The number of alkyl halides is 2. The van der Waals surface area contributed by atoms with Gasteiger partial charge in [0, 0.05) is 11.1 Å². The van der Waals surface area contributed by atoms with Gasteiger partial charge in [-0.1, -0.05) is 19.1 Å². The third-order valence-corrected chi connectivity index (χ3v) is 2.40. The predicted octanol–water partition coefficient (Wildman–Crippen LogP) is 3.36. The Bertz CT molecular complexity index is 400. The summed E-state index contributed by atoms with van der Waals surface area (Å²) in [7, 11) is 0. The molecule has 0 saturated carbocycles. The molecule has 0 aliphatic carbocycles. The number of halogens is 2. The highest BCUT2D eigenvalue weighted by atomic mass is 19.3. The monoisotopic (exact) mass is 228 g/mol. The number of carbonyl (C=O) groups is 1. The Hall–Kier alpha value is -1.45. The van der Waals surface area contributed by atoms with E-state index in [9.17, 15) is 13.6 Å². The van der Waals surface area contributed by atoms with Gasteiger partial charge in [-0.05, 0) is 25.8 Å². The molecule has 0 fully saturated rings.